The molecule has 3 rings (SSSR count). The number of rotatable bonds is 7. The van der Waals surface area contributed by atoms with Crippen LogP contribution in [0.5, 0.6) is 0 Å². The van der Waals surface area contributed by atoms with Gasteiger partial charge in [-0.2, -0.15) is 0 Å². The largest absolute Gasteiger partial charge is 0.354 e. The van der Waals surface area contributed by atoms with Crippen molar-refractivity contribution in [1.82, 2.24) is 15.1 Å². The minimum Gasteiger partial charge on any atom is -0.354 e. The molecule has 28 heavy (non-hydrogen) atoms. The molecule has 0 radical (unpaired) electrons. The number of aromatic nitrogens is 2. The van der Waals surface area contributed by atoms with E-state index in [-0.39, 0.29) is 5.92 Å². The zero-order valence-corrected chi connectivity index (χ0v) is 17.4. The Kier molecular flexibility index (Phi) is 7.01. The highest BCUT2D eigenvalue weighted by atomic mass is 16.2. The van der Waals surface area contributed by atoms with E-state index in [1.165, 1.54) is 5.56 Å². The minimum atomic E-state index is 0.0599. The molecule has 0 bridgehead atoms. The number of hydrogen-bond acceptors (Lipinski definition) is 4. The first-order valence-electron chi connectivity index (χ1n) is 10.6. The number of piperidine rings is 1. The standard InChI is InChI=1S/C23H32N4O/c1-4-14-26(15-5-2)23(28)19-10-8-16-27(17-19)22-13-12-21(24-25-22)20-11-7-6-9-18(20)3/h6-7,9,11-13,19H,4-5,8,10,14-17H2,1-3H3/t19-/m1/s1. The molecule has 150 valence electrons. The maximum Gasteiger partial charge on any atom is 0.227 e. The molecule has 1 atom stereocenters. The maximum atomic E-state index is 13.0. The molecule has 1 saturated heterocycles. The number of amides is 1. The molecule has 5 nitrogen and oxygen atoms in total. The van der Waals surface area contributed by atoms with Crippen LogP contribution in [0.25, 0.3) is 11.3 Å². The van der Waals surface area contributed by atoms with Crippen molar-refractivity contribution >= 4 is 11.7 Å². The molecule has 1 aromatic carbocycles. The Labute approximate surface area is 168 Å². The van der Waals surface area contributed by atoms with Gasteiger partial charge >= 0.3 is 0 Å². The van der Waals surface area contributed by atoms with Gasteiger partial charge in [0.15, 0.2) is 5.82 Å². The Hall–Kier alpha value is -2.43. The molecule has 0 saturated carbocycles. The van der Waals surface area contributed by atoms with Gasteiger partial charge in [-0.1, -0.05) is 38.1 Å². The molecule has 0 unspecified atom stereocenters. The van der Waals surface area contributed by atoms with Gasteiger partial charge in [-0.15, -0.1) is 10.2 Å². The van der Waals surface area contributed by atoms with Gasteiger partial charge in [-0.05, 0) is 50.3 Å². The van der Waals surface area contributed by atoms with E-state index in [0.29, 0.717) is 5.91 Å². The van der Waals surface area contributed by atoms with Crippen LogP contribution in [-0.4, -0.2) is 47.2 Å². The van der Waals surface area contributed by atoms with Gasteiger partial charge in [-0.25, -0.2) is 0 Å². The lowest BCUT2D eigenvalue weighted by Crippen LogP contribution is -2.45. The number of anilines is 1. The summed E-state index contributed by atoms with van der Waals surface area (Å²) in [4.78, 5) is 17.3. The SMILES string of the molecule is CCCN(CCC)C(=O)[C@@H]1CCCN(c2ccc(-c3ccccc3C)nn2)C1. The third-order valence-electron chi connectivity index (χ3n) is 5.46. The lowest BCUT2D eigenvalue weighted by Gasteiger charge is -2.35. The summed E-state index contributed by atoms with van der Waals surface area (Å²) in [5.41, 5.74) is 3.20. The maximum absolute atomic E-state index is 13.0. The molecule has 0 N–H and O–H groups in total. The van der Waals surface area contributed by atoms with E-state index in [2.05, 4.69) is 48.0 Å². The molecular formula is C23H32N4O. The van der Waals surface area contributed by atoms with Crippen molar-refractivity contribution < 1.29 is 4.79 Å². The van der Waals surface area contributed by atoms with Crippen molar-refractivity contribution in [3.05, 3.63) is 42.0 Å². The molecular weight excluding hydrogens is 348 g/mol. The Morgan fingerprint density at radius 2 is 1.86 bits per heavy atom. The van der Waals surface area contributed by atoms with Gasteiger partial charge in [0, 0.05) is 31.7 Å². The fraction of sp³-hybridized carbons (Fsp3) is 0.522. The Morgan fingerprint density at radius 3 is 2.50 bits per heavy atom. The summed E-state index contributed by atoms with van der Waals surface area (Å²) in [6.07, 6.45) is 4.00. The fourth-order valence-electron chi connectivity index (χ4n) is 4.01. The van der Waals surface area contributed by atoms with Gasteiger partial charge in [0.1, 0.15) is 0 Å². The van der Waals surface area contributed by atoms with Gasteiger partial charge in [0.25, 0.3) is 0 Å². The van der Waals surface area contributed by atoms with E-state index in [4.69, 9.17) is 0 Å². The van der Waals surface area contributed by atoms with Crippen LogP contribution >= 0.6 is 0 Å². The number of benzene rings is 1. The lowest BCUT2D eigenvalue weighted by atomic mass is 9.96. The predicted octanol–water partition coefficient (Wildman–Crippen LogP) is 4.32. The third-order valence-corrected chi connectivity index (χ3v) is 5.46. The highest BCUT2D eigenvalue weighted by Gasteiger charge is 2.29. The van der Waals surface area contributed by atoms with Gasteiger partial charge in [0.2, 0.25) is 5.91 Å². The summed E-state index contributed by atoms with van der Waals surface area (Å²) in [6.45, 7) is 9.74. The van der Waals surface area contributed by atoms with E-state index >= 15 is 0 Å². The van der Waals surface area contributed by atoms with Crippen LogP contribution in [0.15, 0.2) is 36.4 Å². The zero-order chi connectivity index (χ0) is 19.9. The van der Waals surface area contributed by atoms with Crippen LogP contribution in [-0.2, 0) is 4.79 Å². The van der Waals surface area contributed by atoms with Crippen molar-refractivity contribution in [2.45, 2.75) is 46.5 Å². The van der Waals surface area contributed by atoms with Crippen molar-refractivity contribution in [1.29, 1.82) is 0 Å². The molecule has 1 aromatic heterocycles. The molecule has 1 amide bonds. The first-order chi connectivity index (χ1) is 13.6. The third kappa shape index (κ3) is 4.70. The van der Waals surface area contributed by atoms with Gasteiger partial charge < -0.3 is 9.80 Å². The highest BCUT2D eigenvalue weighted by Crippen LogP contribution is 2.25. The predicted molar refractivity (Wildman–Crippen MR) is 114 cm³/mol. The van der Waals surface area contributed by atoms with Crippen molar-refractivity contribution in [2.75, 3.05) is 31.1 Å². The summed E-state index contributed by atoms with van der Waals surface area (Å²) >= 11 is 0. The van der Waals surface area contributed by atoms with Gasteiger partial charge in [0.05, 0.1) is 11.6 Å². The number of nitrogens with zero attached hydrogens (tertiary/aromatic N) is 4. The topological polar surface area (TPSA) is 49.3 Å². The fourth-order valence-corrected chi connectivity index (χ4v) is 4.01. The average Bonchev–Trinajstić information content (AvgIpc) is 2.74. The molecule has 2 heterocycles. The van der Waals surface area contributed by atoms with Crippen LogP contribution in [0.4, 0.5) is 5.82 Å². The van der Waals surface area contributed by atoms with E-state index in [1.807, 2.05) is 29.2 Å². The zero-order valence-electron chi connectivity index (χ0n) is 17.4. The lowest BCUT2D eigenvalue weighted by molar-refractivity contribution is -0.135. The van der Waals surface area contributed by atoms with Crippen LogP contribution in [0.1, 0.15) is 45.1 Å². The Morgan fingerprint density at radius 1 is 1.11 bits per heavy atom. The first kappa shape index (κ1) is 20.3. The van der Waals surface area contributed by atoms with Crippen molar-refractivity contribution in [3.63, 3.8) is 0 Å². The molecule has 0 spiro atoms. The van der Waals surface area contributed by atoms with E-state index in [9.17, 15) is 4.79 Å². The second kappa shape index (κ2) is 9.67. The quantitative estimate of drug-likeness (QED) is 0.718. The van der Waals surface area contributed by atoms with Crippen LogP contribution < -0.4 is 4.90 Å². The molecule has 1 aliphatic heterocycles. The summed E-state index contributed by atoms with van der Waals surface area (Å²) in [7, 11) is 0. The number of hydrogen-bond donors (Lipinski definition) is 0. The normalized spacial score (nSPS) is 16.8. The molecule has 0 aliphatic carbocycles. The Balaban J connectivity index is 1.70. The average molecular weight is 381 g/mol. The van der Waals surface area contributed by atoms with Crippen molar-refractivity contribution in [3.8, 4) is 11.3 Å². The Bertz CT molecular complexity index is 768. The second-order valence-corrected chi connectivity index (χ2v) is 7.70. The number of aryl methyl sites for hydroxylation is 1. The molecule has 5 heteroatoms. The number of carbonyl (C=O) groups excluding carboxylic acids is 1. The monoisotopic (exact) mass is 380 g/mol. The highest BCUT2D eigenvalue weighted by molar-refractivity contribution is 5.79. The van der Waals surface area contributed by atoms with Crippen LogP contribution in [0.2, 0.25) is 0 Å². The summed E-state index contributed by atoms with van der Waals surface area (Å²) in [5, 5.41) is 8.94. The van der Waals surface area contributed by atoms with E-state index < -0.39 is 0 Å². The smallest absolute Gasteiger partial charge is 0.227 e. The van der Waals surface area contributed by atoms with Crippen LogP contribution in [0.3, 0.4) is 0 Å². The summed E-state index contributed by atoms with van der Waals surface area (Å²) < 4.78 is 0. The molecule has 1 fully saturated rings. The van der Waals surface area contributed by atoms with Gasteiger partial charge in [-0.3, -0.25) is 4.79 Å². The second-order valence-electron chi connectivity index (χ2n) is 7.70. The van der Waals surface area contributed by atoms with Crippen molar-refractivity contribution in [2.24, 2.45) is 5.92 Å². The summed E-state index contributed by atoms with van der Waals surface area (Å²) in [5.74, 6) is 1.23. The van der Waals surface area contributed by atoms with Crippen LogP contribution in [0, 0.1) is 12.8 Å². The number of carbonyl (C=O) groups is 1. The molecule has 1 aliphatic rings. The van der Waals surface area contributed by atoms with E-state index in [1.54, 1.807) is 0 Å². The summed E-state index contributed by atoms with van der Waals surface area (Å²) in [6, 6.07) is 12.3. The molecule has 2 aromatic rings. The van der Waals surface area contributed by atoms with E-state index in [0.717, 1.165) is 68.9 Å². The first-order valence-corrected chi connectivity index (χ1v) is 10.6. The minimum absolute atomic E-state index is 0.0599.